The lowest BCUT2D eigenvalue weighted by Gasteiger charge is -2.43. The first-order valence-corrected chi connectivity index (χ1v) is 7.01. The van der Waals surface area contributed by atoms with Crippen LogP contribution in [0, 0.1) is 6.92 Å². The monoisotopic (exact) mass is 246 g/mol. The fraction of sp³-hybridized carbons (Fsp3) is 0.625. The largest absolute Gasteiger partial charge is 0.311 e. The number of nitrogens with zero attached hydrogens (tertiary/aromatic N) is 1. The van der Waals surface area contributed by atoms with E-state index in [0.29, 0.717) is 6.04 Å². The standard InChI is InChI=1S/C16H26N2/c1-13-8-7-9-14(12-13)15(17-2)16(18(3)4)10-5-6-11-16/h7-9,12,15,17H,5-6,10-11H2,1-4H3. The van der Waals surface area contributed by atoms with Crippen LogP contribution in [0.4, 0.5) is 0 Å². The molecule has 0 heterocycles. The summed E-state index contributed by atoms with van der Waals surface area (Å²) in [5.74, 6) is 0. The van der Waals surface area contributed by atoms with Crippen molar-refractivity contribution in [3.05, 3.63) is 35.4 Å². The summed E-state index contributed by atoms with van der Waals surface area (Å²) < 4.78 is 0. The minimum atomic E-state index is 0.280. The first-order chi connectivity index (χ1) is 8.60. The molecule has 0 saturated heterocycles. The highest BCUT2D eigenvalue weighted by Gasteiger charge is 2.43. The van der Waals surface area contributed by atoms with Crippen LogP contribution in [-0.4, -0.2) is 31.6 Å². The molecule has 1 atom stereocenters. The van der Waals surface area contributed by atoms with Gasteiger partial charge in [-0.25, -0.2) is 0 Å². The number of benzene rings is 1. The van der Waals surface area contributed by atoms with Crippen LogP contribution >= 0.6 is 0 Å². The van der Waals surface area contributed by atoms with E-state index in [-0.39, 0.29) is 5.54 Å². The maximum atomic E-state index is 3.57. The highest BCUT2D eigenvalue weighted by Crippen LogP contribution is 2.43. The quantitative estimate of drug-likeness (QED) is 0.878. The van der Waals surface area contributed by atoms with Gasteiger partial charge in [0, 0.05) is 5.54 Å². The predicted octanol–water partition coefficient (Wildman–Crippen LogP) is 3.13. The van der Waals surface area contributed by atoms with Crippen molar-refractivity contribution in [1.29, 1.82) is 0 Å². The lowest BCUT2D eigenvalue weighted by Crippen LogP contribution is -2.51. The molecule has 1 aromatic carbocycles. The van der Waals surface area contributed by atoms with Crippen LogP contribution in [0.5, 0.6) is 0 Å². The second-order valence-corrected chi connectivity index (χ2v) is 5.84. The molecule has 1 aliphatic rings. The average Bonchev–Trinajstić information content (AvgIpc) is 2.81. The van der Waals surface area contributed by atoms with Gasteiger partial charge < -0.3 is 10.2 Å². The van der Waals surface area contributed by atoms with Gasteiger partial charge in [0.25, 0.3) is 0 Å². The van der Waals surface area contributed by atoms with Crippen molar-refractivity contribution in [1.82, 2.24) is 10.2 Å². The number of hydrogen-bond donors (Lipinski definition) is 1. The second-order valence-electron chi connectivity index (χ2n) is 5.84. The molecule has 0 spiro atoms. The summed E-state index contributed by atoms with van der Waals surface area (Å²) in [6.45, 7) is 2.17. The Morgan fingerprint density at radius 3 is 2.39 bits per heavy atom. The number of nitrogens with one attached hydrogen (secondary N) is 1. The summed E-state index contributed by atoms with van der Waals surface area (Å²) in [5, 5.41) is 3.57. The van der Waals surface area contributed by atoms with Crippen LogP contribution in [0.25, 0.3) is 0 Å². The highest BCUT2D eigenvalue weighted by molar-refractivity contribution is 5.28. The summed E-state index contributed by atoms with van der Waals surface area (Å²) in [4.78, 5) is 2.43. The SMILES string of the molecule is CNC(c1cccc(C)c1)C1(N(C)C)CCCC1. The van der Waals surface area contributed by atoms with E-state index >= 15 is 0 Å². The van der Waals surface area contributed by atoms with Crippen molar-refractivity contribution >= 4 is 0 Å². The zero-order chi connectivity index (χ0) is 13.2. The first-order valence-electron chi connectivity index (χ1n) is 7.01. The van der Waals surface area contributed by atoms with Gasteiger partial charge in [0.1, 0.15) is 0 Å². The number of aryl methyl sites for hydroxylation is 1. The molecule has 0 radical (unpaired) electrons. The first kappa shape index (κ1) is 13.6. The Balaban J connectivity index is 2.37. The number of likely N-dealkylation sites (N-methyl/N-ethyl adjacent to an activating group) is 2. The van der Waals surface area contributed by atoms with E-state index in [4.69, 9.17) is 0 Å². The summed E-state index contributed by atoms with van der Waals surface area (Å²) in [6.07, 6.45) is 5.28. The molecular formula is C16H26N2. The van der Waals surface area contributed by atoms with Crippen LogP contribution < -0.4 is 5.32 Å². The van der Waals surface area contributed by atoms with E-state index in [1.54, 1.807) is 0 Å². The fourth-order valence-corrected chi connectivity index (χ4v) is 3.58. The Morgan fingerprint density at radius 2 is 1.89 bits per heavy atom. The molecule has 1 unspecified atom stereocenters. The summed E-state index contributed by atoms with van der Waals surface area (Å²) in [7, 11) is 6.55. The summed E-state index contributed by atoms with van der Waals surface area (Å²) in [5.41, 5.74) is 3.05. The average molecular weight is 246 g/mol. The van der Waals surface area contributed by atoms with Gasteiger partial charge in [-0.2, -0.15) is 0 Å². The number of hydrogen-bond acceptors (Lipinski definition) is 2. The van der Waals surface area contributed by atoms with Gasteiger partial charge in [-0.15, -0.1) is 0 Å². The maximum absolute atomic E-state index is 3.57. The fourth-order valence-electron chi connectivity index (χ4n) is 3.58. The Hall–Kier alpha value is -0.860. The van der Waals surface area contributed by atoms with Crippen LogP contribution in [0.15, 0.2) is 24.3 Å². The molecule has 18 heavy (non-hydrogen) atoms. The van der Waals surface area contributed by atoms with E-state index < -0.39 is 0 Å². The van der Waals surface area contributed by atoms with Gasteiger partial charge in [-0.3, -0.25) is 0 Å². The molecule has 2 nitrogen and oxygen atoms in total. The smallest absolute Gasteiger partial charge is 0.0504 e. The third-order valence-corrected chi connectivity index (χ3v) is 4.56. The molecule has 1 aliphatic carbocycles. The molecule has 1 fully saturated rings. The molecule has 2 heteroatoms. The van der Waals surface area contributed by atoms with E-state index in [9.17, 15) is 0 Å². The molecular weight excluding hydrogens is 220 g/mol. The Kier molecular flexibility index (Phi) is 4.08. The minimum Gasteiger partial charge on any atom is -0.311 e. The van der Waals surface area contributed by atoms with Gasteiger partial charge in [-0.1, -0.05) is 42.7 Å². The van der Waals surface area contributed by atoms with Gasteiger partial charge in [-0.05, 0) is 46.5 Å². The molecule has 100 valence electrons. The van der Waals surface area contributed by atoms with Crippen molar-refractivity contribution in [3.8, 4) is 0 Å². The van der Waals surface area contributed by atoms with Crippen LogP contribution in [0.2, 0.25) is 0 Å². The predicted molar refractivity (Wildman–Crippen MR) is 77.9 cm³/mol. The molecule has 0 bridgehead atoms. The van der Waals surface area contributed by atoms with E-state index in [2.05, 4.69) is 62.5 Å². The molecule has 1 aromatic rings. The molecule has 0 aromatic heterocycles. The van der Waals surface area contributed by atoms with Crippen molar-refractivity contribution in [2.75, 3.05) is 21.1 Å². The molecule has 2 rings (SSSR count). The van der Waals surface area contributed by atoms with E-state index in [0.717, 1.165) is 0 Å². The third kappa shape index (κ3) is 2.32. The van der Waals surface area contributed by atoms with Gasteiger partial charge >= 0.3 is 0 Å². The zero-order valence-corrected chi connectivity index (χ0v) is 12.2. The Morgan fingerprint density at radius 1 is 1.22 bits per heavy atom. The van der Waals surface area contributed by atoms with Crippen LogP contribution in [-0.2, 0) is 0 Å². The van der Waals surface area contributed by atoms with E-state index in [1.807, 2.05) is 0 Å². The van der Waals surface area contributed by atoms with Crippen molar-refractivity contribution in [3.63, 3.8) is 0 Å². The molecule has 0 aliphatic heterocycles. The molecule has 0 amide bonds. The zero-order valence-electron chi connectivity index (χ0n) is 12.2. The van der Waals surface area contributed by atoms with Crippen LogP contribution in [0.3, 0.4) is 0 Å². The lowest BCUT2D eigenvalue weighted by molar-refractivity contribution is 0.108. The molecule has 1 N–H and O–H groups in total. The molecule has 1 saturated carbocycles. The third-order valence-electron chi connectivity index (χ3n) is 4.56. The van der Waals surface area contributed by atoms with Gasteiger partial charge in [0.15, 0.2) is 0 Å². The number of rotatable bonds is 4. The van der Waals surface area contributed by atoms with Gasteiger partial charge in [0.2, 0.25) is 0 Å². The topological polar surface area (TPSA) is 15.3 Å². The Bertz CT molecular complexity index is 392. The van der Waals surface area contributed by atoms with Crippen molar-refractivity contribution < 1.29 is 0 Å². The normalized spacial score (nSPS) is 20.3. The Labute approximate surface area is 111 Å². The minimum absolute atomic E-state index is 0.280. The van der Waals surface area contributed by atoms with E-state index in [1.165, 1.54) is 36.8 Å². The summed E-state index contributed by atoms with van der Waals surface area (Å²) in [6, 6.07) is 9.36. The van der Waals surface area contributed by atoms with Crippen LogP contribution in [0.1, 0.15) is 42.9 Å². The van der Waals surface area contributed by atoms with Crippen molar-refractivity contribution in [2.45, 2.75) is 44.2 Å². The van der Waals surface area contributed by atoms with Gasteiger partial charge in [0.05, 0.1) is 6.04 Å². The lowest BCUT2D eigenvalue weighted by atomic mass is 9.82. The highest BCUT2D eigenvalue weighted by atomic mass is 15.2. The maximum Gasteiger partial charge on any atom is 0.0504 e. The van der Waals surface area contributed by atoms with Crippen molar-refractivity contribution in [2.24, 2.45) is 0 Å². The second kappa shape index (κ2) is 5.41. The summed E-state index contributed by atoms with van der Waals surface area (Å²) >= 11 is 0.